The zero-order valence-corrected chi connectivity index (χ0v) is 10.3. The Balaban J connectivity index is 2.16. The number of anilines is 1. The number of pyridine rings is 1. The molecule has 1 heterocycles. The Morgan fingerprint density at radius 1 is 1.31 bits per heavy atom. The number of ether oxygens (including phenoxy) is 1. The molecule has 16 heavy (non-hydrogen) atoms. The average molecular weight is 222 g/mol. The summed E-state index contributed by atoms with van der Waals surface area (Å²) in [5.74, 6) is 0.895. The Bertz CT molecular complexity index is 289. The number of aromatic nitrogens is 1. The molecule has 0 aliphatic rings. The van der Waals surface area contributed by atoms with Gasteiger partial charge in [-0.2, -0.15) is 0 Å². The molecule has 0 aromatic carbocycles. The fourth-order valence-corrected chi connectivity index (χ4v) is 1.52. The summed E-state index contributed by atoms with van der Waals surface area (Å²) in [6.07, 6.45) is 6.83. The van der Waals surface area contributed by atoms with E-state index < -0.39 is 0 Å². The Morgan fingerprint density at radius 3 is 2.94 bits per heavy atom. The minimum atomic E-state index is 0.684. The molecule has 1 aromatic rings. The molecule has 0 aliphatic carbocycles. The summed E-state index contributed by atoms with van der Waals surface area (Å²) in [6.45, 7) is 3.76. The molecule has 0 aliphatic heterocycles. The quantitative estimate of drug-likeness (QED) is 0.686. The summed E-state index contributed by atoms with van der Waals surface area (Å²) in [5, 5.41) is 3.02. The molecule has 0 saturated heterocycles. The SMILES string of the molecule is CCCCCCOCc1ccnc(NC)c1. The fourth-order valence-electron chi connectivity index (χ4n) is 1.52. The third kappa shape index (κ3) is 5.12. The second kappa shape index (κ2) is 8.11. The van der Waals surface area contributed by atoms with Gasteiger partial charge in [0.1, 0.15) is 5.82 Å². The predicted molar refractivity (Wildman–Crippen MR) is 67.6 cm³/mol. The van der Waals surface area contributed by atoms with E-state index in [1.165, 1.54) is 24.8 Å². The van der Waals surface area contributed by atoms with Gasteiger partial charge in [0, 0.05) is 19.9 Å². The lowest BCUT2D eigenvalue weighted by molar-refractivity contribution is 0.117. The highest BCUT2D eigenvalue weighted by atomic mass is 16.5. The molecule has 1 aromatic heterocycles. The Morgan fingerprint density at radius 2 is 2.19 bits per heavy atom. The van der Waals surface area contributed by atoms with E-state index >= 15 is 0 Å². The maximum atomic E-state index is 5.61. The second-order valence-corrected chi connectivity index (χ2v) is 3.91. The van der Waals surface area contributed by atoms with Gasteiger partial charge in [-0.25, -0.2) is 4.98 Å². The molecule has 3 heteroatoms. The van der Waals surface area contributed by atoms with Crippen molar-refractivity contribution in [3.8, 4) is 0 Å². The van der Waals surface area contributed by atoms with E-state index in [0.29, 0.717) is 6.61 Å². The van der Waals surface area contributed by atoms with Crippen LogP contribution in [0.25, 0.3) is 0 Å². The number of hydrogen-bond acceptors (Lipinski definition) is 3. The van der Waals surface area contributed by atoms with Crippen molar-refractivity contribution in [2.24, 2.45) is 0 Å². The van der Waals surface area contributed by atoms with E-state index in [1.54, 1.807) is 0 Å². The van der Waals surface area contributed by atoms with E-state index in [-0.39, 0.29) is 0 Å². The topological polar surface area (TPSA) is 34.1 Å². The summed E-state index contributed by atoms with van der Waals surface area (Å²) in [4.78, 5) is 4.16. The van der Waals surface area contributed by atoms with Gasteiger partial charge in [0.05, 0.1) is 6.61 Å². The molecule has 0 saturated carbocycles. The molecule has 0 amide bonds. The van der Waals surface area contributed by atoms with Crippen molar-refractivity contribution in [2.75, 3.05) is 19.0 Å². The van der Waals surface area contributed by atoms with Crippen molar-refractivity contribution >= 4 is 5.82 Å². The monoisotopic (exact) mass is 222 g/mol. The van der Waals surface area contributed by atoms with Crippen molar-refractivity contribution < 1.29 is 4.74 Å². The molecule has 0 radical (unpaired) electrons. The van der Waals surface area contributed by atoms with E-state index in [9.17, 15) is 0 Å². The van der Waals surface area contributed by atoms with Crippen LogP contribution in [-0.2, 0) is 11.3 Å². The van der Waals surface area contributed by atoms with Crippen molar-refractivity contribution in [3.63, 3.8) is 0 Å². The minimum absolute atomic E-state index is 0.684. The highest BCUT2D eigenvalue weighted by molar-refractivity contribution is 5.36. The van der Waals surface area contributed by atoms with Crippen LogP contribution in [0.15, 0.2) is 18.3 Å². The van der Waals surface area contributed by atoms with E-state index in [1.807, 2.05) is 25.4 Å². The minimum Gasteiger partial charge on any atom is -0.377 e. The van der Waals surface area contributed by atoms with Gasteiger partial charge < -0.3 is 10.1 Å². The maximum absolute atomic E-state index is 5.61. The van der Waals surface area contributed by atoms with Crippen molar-refractivity contribution in [1.29, 1.82) is 0 Å². The van der Waals surface area contributed by atoms with Crippen LogP contribution in [-0.4, -0.2) is 18.6 Å². The van der Waals surface area contributed by atoms with Crippen molar-refractivity contribution in [1.82, 2.24) is 4.98 Å². The normalized spacial score (nSPS) is 10.4. The number of unbranched alkanes of at least 4 members (excludes halogenated alkanes) is 3. The lowest BCUT2D eigenvalue weighted by atomic mass is 10.2. The van der Waals surface area contributed by atoms with Gasteiger partial charge in [0.25, 0.3) is 0 Å². The van der Waals surface area contributed by atoms with Gasteiger partial charge in [-0.3, -0.25) is 0 Å². The highest BCUT2D eigenvalue weighted by Crippen LogP contribution is 2.07. The second-order valence-electron chi connectivity index (χ2n) is 3.91. The highest BCUT2D eigenvalue weighted by Gasteiger charge is 1.96. The molecule has 1 N–H and O–H groups in total. The number of hydrogen-bond donors (Lipinski definition) is 1. The number of nitrogens with one attached hydrogen (secondary N) is 1. The summed E-state index contributed by atoms with van der Waals surface area (Å²) >= 11 is 0. The smallest absolute Gasteiger partial charge is 0.125 e. The van der Waals surface area contributed by atoms with Crippen molar-refractivity contribution in [2.45, 2.75) is 39.2 Å². The average Bonchev–Trinajstić information content (AvgIpc) is 2.34. The lowest BCUT2D eigenvalue weighted by Gasteiger charge is -2.05. The van der Waals surface area contributed by atoms with Crippen molar-refractivity contribution in [3.05, 3.63) is 23.9 Å². The van der Waals surface area contributed by atoms with Crippen LogP contribution in [0.1, 0.15) is 38.2 Å². The first-order chi connectivity index (χ1) is 7.86. The van der Waals surface area contributed by atoms with E-state index in [0.717, 1.165) is 18.8 Å². The predicted octanol–water partition coefficient (Wildman–Crippen LogP) is 3.22. The molecular weight excluding hydrogens is 200 g/mol. The zero-order valence-electron chi connectivity index (χ0n) is 10.3. The summed E-state index contributed by atoms with van der Waals surface area (Å²) in [7, 11) is 1.87. The van der Waals surface area contributed by atoms with Crippen LogP contribution in [0.3, 0.4) is 0 Å². The standard InChI is InChI=1S/C13H22N2O/c1-3-4-5-6-9-16-11-12-7-8-15-13(10-12)14-2/h7-8,10H,3-6,9,11H2,1-2H3,(H,14,15). The largest absolute Gasteiger partial charge is 0.377 e. The van der Waals surface area contributed by atoms with E-state index in [4.69, 9.17) is 4.74 Å². The molecule has 0 bridgehead atoms. The maximum Gasteiger partial charge on any atom is 0.125 e. The molecule has 1 rings (SSSR count). The van der Waals surface area contributed by atoms with Crippen LogP contribution in [0.2, 0.25) is 0 Å². The number of rotatable bonds is 8. The first-order valence-electron chi connectivity index (χ1n) is 6.07. The van der Waals surface area contributed by atoms with Crippen LogP contribution in [0.5, 0.6) is 0 Å². The van der Waals surface area contributed by atoms with Gasteiger partial charge in [-0.05, 0) is 24.1 Å². The molecule has 0 unspecified atom stereocenters. The summed E-state index contributed by atoms with van der Waals surface area (Å²) < 4.78 is 5.61. The number of nitrogens with zero attached hydrogens (tertiary/aromatic N) is 1. The van der Waals surface area contributed by atoms with Gasteiger partial charge in [-0.1, -0.05) is 26.2 Å². The van der Waals surface area contributed by atoms with Gasteiger partial charge >= 0.3 is 0 Å². The molecule has 0 fully saturated rings. The molecule has 3 nitrogen and oxygen atoms in total. The molecular formula is C13H22N2O. The van der Waals surface area contributed by atoms with Crippen LogP contribution >= 0.6 is 0 Å². The zero-order chi connectivity index (χ0) is 11.6. The molecule has 90 valence electrons. The Labute approximate surface area is 98.2 Å². The molecule has 0 spiro atoms. The van der Waals surface area contributed by atoms with Crippen LogP contribution in [0.4, 0.5) is 5.82 Å². The third-order valence-electron chi connectivity index (χ3n) is 2.49. The lowest BCUT2D eigenvalue weighted by Crippen LogP contribution is -1.98. The van der Waals surface area contributed by atoms with Crippen LogP contribution in [0, 0.1) is 0 Å². The summed E-state index contributed by atoms with van der Waals surface area (Å²) in [5.41, 5.74) is 1.18. The van der Waals surface area contributed by atoms with Gasteiger partial charge in [0.15, 0.2) is 0 Å². The Hall–Kier alpha value is -1.09. The van der Waals surface area contributed by atoms with Crippen LogP contribution < -0.4 is 5.32 Å². The van der Waals surface area contributed by atoms with Gasteiger partial charge in [0.2, 0.25) is 0 Å². The molecule has 0 atom stereocenters. The first kappa shape index (κ1) is 13.0. The first-order valence-corrected chi connectivity index (χ1v) is 6.07. The third-order valence-corrected chi connectivity index (χ3v) is 2.49. The van der Waals surface area contributed by atoms with Gasteiger partial charge in [-0.15, -0.1) is 0 Å². The van der Waals surface area contributed by atoms with E-state index in [2.05, 4.69) is 17.2 Å². The summed E-state index contributed by atoms with van der Waals surface area (Å²) in [6, 6.07) is 4.01. The fraction of sp³-hybridized carbons (Fsp3) is 0.615. The Kier molecular flexibility index (Phi) is 6.58.